The zero-order chi connectivity index (χ0) is 29.0. The highest BCUT2D eigenvalue weighted by atomic mass is 35.5. The Hall–Kier alpha value is -3.26. The molecule has 3 aromatic carbocycles. The Labute approximate surface area is 242 Å². The van der Waals surface area contributed by atoms with Gasteiger partial charge in [0, 0.05) is 39.1 Å². The van der Waals surface area contributed by atoms with Gasteiger partial charge in [0.1, 0.15) is 5.82 Å². The van der Waals surface area contributed by atoms with Gasteiger partial charge < -0.3 is 16.0 Å². The van der Waals surface area contributed by atoms with Gasteiger partial charge in [-0.25, -0.2) is 4.39 Å². The zero-order valence-electron chi connectivity index (χ0n) is 22.6. The van der Waals surface area contributed by atoms with E-state index in [9.17, 15) is 14.4 Å². The molecule has 1 spiro atoms. The van der Waals surface area contributed by atoms with E-state index in [1.54, 1.807) is 48.5 Å². The molecule has 1 saturated heterocycles. The maximum atomic E-state index is 15.4. The minimum Gasteiger partial charge on any atom is -0.325 e. The Balaban J connectivity index is 1.59. The average molecular weight is 583 g/mol. The molecule has 1 fully saturated rings. The molecule has 0 bridgehead atoms. The molecule has 3 atom stereocenters. The predicted octanol–water partition coefficient (Wildman–Crippen LogP) is 7.00. The van der Waals surface area contributed by atoms with E-state index in [4.69, 9.17) is 23.2 Å². The fraction of sp³-hybridized carbons (Fsp3) is 0.323. The summed E-state index contributed by atoms with van der Waals surface area (Å²) >= 11 is 12.6. The molecule has 2 aliphatic heterocycles. The first-order chi connectivity index (χ1) is 18.8. The van der Waals surface area contributed by atoms with Crippen LogP contribution < -0.4 is 16.0 Å². The lowest BCUT2D eigenvalue weighted by molar-refractivity contribution is -0.121. The van der Waals surface area contributed by atoms with Gasteiger partial charge in [-0.3, -0.25) is 14.4 Å². The van der Waals surface area contributed by atoms with Crippen LogP contribution in [0.1, 0.15) is 56.5 Å². The molecule has 0 radical (unpaired) electrons. The quantitative estimate of drug-likeness (QED) is 0.283. The molecule has 3 N–H and O–H groups in total. The Kier molecular flexibility index (Phi) is 7.27. The number of benzene rings is 3. The first-order valence-corrected chi connectivity index (χ1v) is 13.8. The number of Topliss-reactive ketones (excluding diaryl/α,β-unsaturated/α-hetero) is 1. The van der Waals surface area contributed by atoms with Crippen LogP contribution in [0.25, 0.3) is 11.1 Å². The highest BCUT2D eigenvalue weighted by Gasteiger charge is 2.60. The van der Waals surface area contributed by atoms with Crippen molar-refractivity contribution >= 4 is 52.2 Å². The largest absolute Gasteiger partial charge is 0.325 e. The molecule has 40 heavy (non-hydrogen) atoms. The maximum Gasteiger partial charge on any atom is 0.241 e. The SMILES string of the molecule is CC(=O)c1ccc(NC(=O)[C@@H]2C[C@@]3(C(=O)Nc4cc(Cl)cc(-c5cccc(Cl)c5F)c43)[C@@H](CC(C)(C)C)N2)cc1. The summed E-state index contributed by atoms with van der Waals surface area (Å²) in [6.45, 7) is 7.69. The van der Waals surface area contributed by atoms with E-state index in [2.05, 4.69) is 36.7 Å². The number of fused-ring (bicyclic) bond motifs is 2. The van der Waals surface area contributed by atoms with Crippen molar-refractivity contribution in [2.24, 2.45) is 5.41 Å². The van der Waals surface area contributed by atoms with Crippen LogP contribution >= 0.6 is 23.2 Å². The van der Waals surface area contributed by atoms with Gasteiger partial charge in [-0.1, -0.05) is 56.1 Å². The van der Waals surface area contributed by atoms with E-state index in [1.807, 2.05) is 0 Å². The Bertz CT molecular complexity index is 1530. The summed E-state index contributed by atoms with van der Waals surface area (Å²) in [5.74, 6) is -1.25. The fourth-order valence-electron chi connectivity index (χ4n) is 5.92. The number of hydrogen-bond acceptors (Lipinski definition) is 4. The highest BCUT2D eigenvalue weighted by Crippen LogP contribution is 2.54. The number of halogens is 3. The van der Waals surface area contributed by atoms with E-state index in [1.165, 1.54) is 13.0 Å². The van der Waals surface area contributed by atoms with Gasteiger partial charge in [0.05, 0.1) is 16.5 Å². The van der Waals surface area contributed by atoms with E-state index in [0.29, 0.717) is 39.5 Å². The van der Waals surface area contributed by atoms with Crippen LogP contribution in [-0.2, 0) is 15.0 Å². The normalized spacial score (nSPS) is 21.8. The smallest absolute Gasteiger partial charge is 0.241 e. The molecule has 0 unspecified atom stereocenters. The number of amides is 2. The van der Waals surface area contributed by atoms with Gasteiger partial charge in [0.25, 0.3) is 0 Å². The van der Waals surface area contributed by atoms with Crippen molar-refractivity contribution in [3.05, 3.63) is 81.6 Å². The summed E-state index contributed by atoms with van der Waals surface area (Å²) < 4.78 is 15.4. The second-order valence-corrected chi connectivity index (χ2v) is 12.6. The first-order valence-electron chi connectivity index (χ1n) is 13.1. The van der Waals surface area contributed by atoms with Crippen molar-refractivity contribution in [2.75, 3.05) is 10.6 Å². The third-order valence-electron chi connectivity index (χ3n) is 7.66. The van der Waals surface area contributed by atoms with Crippen molar-refractivity contribution in [2.45, 2.75) is 58.0 Å². The van der Waals surface area contributed by atoms with Gasteiger partial charge in [-0.15, -0.1) is 0 Å². The van der Waals surface area contributed by atoms with Gasteiger partial charge in [-0.2, -0.15) is 0 Å². The lowest BCUT2D eigenvalue weighted by Gasteiger charge is -2.34. The summed E-state index contributed by atoms with van der Waals surface area (Å²) in [4.78, 5) is 39.1. The molecule has 0 aromatic heterocycles. The van der Waals surface area contributed by atoms with Crippen LogP contribution in [0.3, 0.4) is 0 Å². The van der Waals surface area contributed by atoms with Crippen LogP contribution in [0.5, 0.6) is 0 Å². The first kappa shape index (κ1) is 28.3. The number of hydrogen-bond donors (Lipinski definition) is 3. The van der Waals surface area contributed by atoms with E-state index in [0.717, 1.165) is 0 Å². The van der Waals surface area contributed by atoms with Crippen molar-refractivity contribution in [3.8, 4) is 11.1 Å². The number of carbonyl (C=O) groups is 3. The number of nitrogens with one attached hydrogen (secondary N) is 3. The van der Waals surface area contributed by atoms with Gasteiger partial charge in [0.2, 0.25) is 11.8 Å². The van der Waals surface area contributed by atoms with Crippen LogP contribution in [0.4, 0.5) is 15.8 Å². The number of ketones is 1. The lowest BCUT2D eigenvalue weighted by atomic mass is 9.68. The minimum absolute atomic E-state index is 0.0404. The highest BCUT2D eigenvalue weighted by molar-refractivity contribution is 6.32. The Morgan fingerprint density at radius 1 is 1.07 bits per heavy atom. The standard InChI is InChI=1S/C31H30Cl2FN3O3/c1-16(38)17-8-10-19(11-9-17)35-28(39)24-14-31(25(36-24)15-30(2,3)4)26-21(20-6-5-7-22(33)27(20)34)12-18(32)13-23(26)37-29(31)40/h5-13,24-25,36H,14-15H2,1-4H3,(H,35,39)(H,37,40)/t24-,25+,31+/m0/s1. The molecular formula is C31H30Cl2FN3O3. The van der Waals surface area contributed by atoms with E-state index >= 15 is 4.39 Å². The third-order valence-corrected chi connectivity index (χ3v) is 8.17. The summed E-state index contributed by atoms with van der Waals surface area (Å²) in [6, 6.07) is 13.5. The van der Waals surface area contributed by atoms with Gasteiger partial charge >= 0.3 is 0 Å². The minimum atomic E-state index is -1.17. The molecule has 208 valence electrons. The third kappa shape index (κ3) is 5.02. The number of rotatable bonds is 5. The number of carbonyl (C=O) groups excluding carboxylic acids is 3. The summed E-state index contributed by atoms with van der Waals surface area (Å²) in [5.41, 5.74) is 1.50. The van der Waals surface area contributed by atoms with Crippen LogP contribution in [0, 0.1) is 11.2 Å². The van der Waals surface area contributed by atoms with Gasteiger partial charge in [-0.05, 0) is 73.2 Å². The summed E-state index contributed by atoms with van der Waals surface area (Å²) in [5, 5.41) is 9.62. The van der Waals surface area contributed by atoms with Crippen LogP contribution in [0.15, 0.2) is 54.6 Å². The molecular weight excluding hydrogens is 552 g/mol. The van der Waals surface area contributed by atoms with Crippen molar-refractivity contribution < 1.29 is 18.8 Å². The Morgan fingerprint density at radius 2 is 1.77 bits per heavy atom. The molecule has 2 aliphatic rings. The van der Waals surface area contributed by atoms with Crippen molar-refractivity contribution in [3.63, 3.8) is 0 Å². The predicted molar refractivity (Wildman–Crippen MR) is 157 cm³/mol. The molecule has 2 amide bonds. The zero-order valence-corrected chi connectivity index (χ0v) is 24.1. The second-order valence-electron chi connectivity index (χ2n) is 11.8. The summed E-state index contributed by atoms with van der Waals surface area (Å²) in [6.07, 6.45) is 0.720. The molecule has 0 saturated carbocycles. The van der Waals surface area contributed by atoms with E-state index < -0.39 is 23.3 Å². The molecule has 3 aromatic rings. The van der Waals surface area contributed by atoms with E-state index in [-0.39, 0.29) is 40.0 Å². The topological polar surface area (TPSA) is 87.3 Å². The van der Waals surface area contributed by atoms with Gasteiger partial charge in [0.15, 0.2) is 5.78 Å². The van der Waals surface area contributed by atoms with Crippen LogP contribution in [0.2, 0.25) is 10.0 Å². The molecule has 2 heterocycles. The molecule has 6 nitrogen and oxygen atoms in total. The summed E-state index contributed by atoms with van der Waals surface area (Å²) in [7, 11) is 0. The fourth-order valence-corrected chi connectivity index (χ4v) is 6.32. The van der Waals surface area contributed by atoms with Crippen LogP contribution in [-0.4, -0.2) is 29.7 Å². The molecule has 5 rings (SSSR count). The molecule has 0 aliphatic carbocycles. The number of anilines is 2. The Morgan fingerprint density at radius 3 is 2.42 bits per heavy atom. The second kappa shape index (κ2) is 10.3. The van der Waals surface area contributed by atoms with Crippen molar-refractivity contribution in [1.82, 2.24) is 5.32 Å². The lowest BCUT2D eigenvalue weighted by Crippen LogP contribution is -2.48. The monoisotopic (exact) mass is 581 g/mol. The molecule has 9 heteroatoms. The maximum absolute atomic E-state index is 15.4. The average Bonchev–Trinajstić information content (AvgIpc) is 3.37. The van der Waals surface area contributed by atoms with Crippen molar-refractivity contribution in [1.29, 1.82) is 0 Å².